The zero-order valence-corrected chi connectivity index (χ0v) is 9.78. The van der Waals surface area contributed by atoms with Crippen LogP contribution in [0.25, 0.3) is 0 Å². The van der Waals surface area contributed by atoms with E-state index in [9.17, 15) is 0 Å². The number of nitrogens with zero attached hydrogens (tertiary/aromatic N) is 1. The molecule has 1 aliphatic heterocycles. The molecule has 0 atom stereocenters. The molecule has 1 aromatic rings. The van der Waals surface area contributed by atoms with Crippen molar-refractivity contribution in [3.8, 4) is 0 Å². The molecule has 1 aromatic heterocycles. The Bertz CT molecular complexity index is 281. The normalized spacial score (nSPS) is 17.0. The van der Waals surface area contributed by atoms with Gasteiger partial charge in [0.2, 0.25) is 0 Å². The van der Waals surface area contributed by atoms with E-state index in [0.717, 1.165) is 18.8 Å². The highest BCUT2D eigenvalue weighted by Crippen LogP contribution is 2.23. The summed E-state index contributed by atoms with van der Waals surface area (Å²) in [5, 5.41) is 4.66. The zero-order valence-electron chi connectivity index (χ0n) is 8.97. The smallest absolute Gasteiger partial charge is 0.0934 e. The van der Waals surface area contributed by atoms with E-state index in [0.29, 0.717) is 0 Å². The fourth-order valence-electron chi connectivity index (χ4n) is 1.82. The largest absolute Gasteiger partial charge is 0.316 e. The van der Waals surface area contributed by atoms with E-state index in [1.807, 2.05) is 11.3 Å². The fraction of sp³-hybridized carbons (Fsp3) is 0.727. The monoisotopic (exact) mass is 210 g/mol. The van der Waals surface area contributed by atoms with Crippen LogP contribution in [0.15, 0.2) is 0 Å². The first-order valence-electron chi connectivity index (χ1n) is 5.51. The van der Waals surface area contributed by atoms with Gasteiger partial charge in [0.1, 0.15) is 0 Å². The van der Waals surface area contributed by atoms with Crippen molar-refractivity contribution in [1.29, 1.82) is 0 Å². The minimum atomic E-state index is 0.843. The first-order valence-corrected chi connectivity index (χ1v) is 6.33. The third-order valence-electron chi connectivity index (χ3n) is 2.81. The highest BCUT2D eigenvalue weighted by atomic mass is 32.1. The van der Waals surface area contributed by atoms with Crippen LogP contribution in [0, 0.1) is 5.92 Å². The second-order valence-electron chi connectivity index (χ2n) is 3.91. The molecule has 3 heteroatoms. The number of hydrogen-bond donors (Lipinski definition) is 1. The lowest BCUT2D eigenvalue weighted by atomic mass is 10.0. The Balaban J connectivity index is 2.05. The maximum atomic E-state index is 4.71. The van der Waals surface area contributed by atoms with E-state index in [1.165, 1.54) is 35.1 Å². The molecular weight excluding hydrogens is 192 g/mol. The lowest BCUT2D eigenvalue weighted by Gasteiger charge is -2.25. The lowest BCUT2D eigenvalue weighted by molar-refractivity contribution is 0.346. The summed E-state index contributed by atoms with van der Waals surface area (Å²) in [7, 11) is 0. The number of aryl methyl sites for hydroxylation is 2. The zero-order chi connectivity index (χ0) is 9.97. The van der Waals surface area contributed by atoms with E-state index >= 15 is 0 Å². The van der Waals surface area contributed by atoms with Crippen LogP contribution in [0.1, 0.15) is 29.4 Å². The summed E-state index contributed by atoms with van der Waals surface area (Å²) in [6, 6.07) is 0. The van der Waals surface area contributed by atoms with Crippen LogP contribution in [0.3, 0.4) is 0 Å². The highest BCUT2D eigenvalue weighted by molar-refractivity contribution is 7.11. The number of rotatable bonds is 4. The molecule has 1 aliphatic rings. The van der Waals surface area contributed by atoms with Gasteiger partial charge in [-0.2, -0.15) is 0 Å². The standard InChI is InChI=1S/C11H18N2S/c1-3-9-10(4-2)14-11(13-9)5-8-6-12-7-8/h8,12H,3-7H2,1-2H3. The summed E-state index contributed by atoms with van der Waals surface area (Å²) < 4.78 is 0. The Morgan fingerprint density at radius 1 is 1.36 bits per heavy atom. The molecule has 2 heterocycles. The number of hydrogen-bond acceptors (Lipinski definition) is 3. The summed E-state index contributed by atoms with van der Waals surface area (Å²) >= 11 is 1.92. The quantitative estimate of drug-likeness (QED) is 0.822. The van der Waals surface area contributed by atoms with Crippen LogP contribution in [-0.2, 0) is 19.3 Å². The molecule has 78 valence electrons. The van der Waals surface area contributed by atoms with Crippen LogP contribution in [0.5, 0.6) is 0 Å². The molecular formula is C11H18N2S. The molecule has 0 aromatic carbocycles. The topological polar surface area (TPSA) is 24.9 Å². The van der Waals surface area contributed by atoms with Gasteiger partial charge in [-0.1, -0.05) is 13.8 Å². The van der Waals surface area contributed by atoms with Gasteiger partial charge in [0.25, 0.3) is 0 Å². The third-order valence-corrected chi connectivity index (χ3v) is 4.07. The molecule has 0 saturated carbocycles. The molecule has 2 rings (SSSR count). The minimum absolute atomic E-state index is 0.843. The molecule has 1 fully saturated rings. The van der Waals surface area contributed by atoms with Gasteiger partial charge in [0.05, 0.1) is 10.7 Å². The van der Waals surface area contributed by atoms with Gasteiger partial charge in [0.15, 0.2) is 0 Å². The molecule has 0 amide bonds. The summed E-state index contributed by atoms with van der Waals surface area (Å²) in [6.45, 7) is 6.79. The lowest BCUT2D eigenvalue weighted by Crippen LogP contribution is -2.43. The third kappa shape index (κ3) is 1.98. The Labute approximate surface area is 89.8 Å². The van der Waals surface area contributed by atoms with Gasteiger partial charge < -0.3 is 5.32 Å². The Hall–Kier alpha value is -0.410. The minimum Gasteiger partial charge on any atom is -0.316 e. The predicted octanol–water partition coefficient (Wildman–Crippen LogP) is 2.03. The summed E-state index contributed by atoms with van der Waals surface area (Å²) in [5.41, 5.74) is 1.33. The second-order valence-corrected chi connectivity index (χ2v) is 5.08. The van der Waals surface area contributed by atoms with Crippen molar-refractivity contribution in [3.05, 3.63) is 15.6 Å². The van der Waals surface area contributed by atoms with Gasteiger partial charge in [-0.15, -0.1) is 11.3 Å². The fourth-order valence-corrected chi connectivity index (χ4v) is 3.03. The average molecular weight is 210 g/mol. The Morgan fingerprint density at radius 2 is 2.14 bits per heavy atom. The molecule has 0 radical (unpaired) electrons. The highest BCUT2D eigenvalue weighted by Gasteiger charge is 2.19. The van der Waals surface area contributed by atoms with Gasteiger partial charge in [-0.05, 0) is 31.8 Å². The van der Waals surface area contributed by atoms with Crippen molar-refractivity contribution in [2.75, 3.05) is 13.1 Å². The van der Waals surface area contributed by atoms with E-state index in [2.05, 4.69) is 19.2 Å². The van der Waals surface area contributed by atoms with Gasteiger partial charge in [-0.3, -0.25) is 0 Å². The van der Waals surface area contributed by atoms with E-state index < -0.39 is 0 Å². The molecule has 0 bridgehead atoms. The van der Waals surface area contributed by atoms with Crippen molar-refractivity contribution in [3.63, 3.8) is 0 Å². The van der Waals surface area contributed by atoms with Crippen LogP contribution in [0.4, 0.5) is 0 Å². The maximum Gasteiger partial charge on any atom is 0.0934 e. The summed E-state index contributed by atoms with van der Waals surface area (Å²) in [6.07, 6.45) is 3.41. The first kappa shape index (κ1) is 10.1. The molecule has 14 heavy (non-hydrogen) atoms. The van der Waals surface area contributed by atoms with Crippen LogP contribution in [-0.4, -0.2) is 18.1 Å². The molecule has 1 saturated heterocycles. The molecule has 0 spiro atoms. The van der Waals surface area contributed by atoms with Crippen molar-refractivity contribution in [2.24, 2.45) is 5.92 Å². The summed E-state index contributed by atoms with van der Waals surface area (Å²) in [5.74, 6) is 0.843. The van der Waals surface area contributed by atoms with Gasteiger partial charge in [-0.25, -0.2) is 4.98 Å². The van der Waals surface area contributed by atoms with E-state index in [1.54, 1.807) is 0 Å². The molecule has 0 unspecified atom stereocenters. The molecule has 0 aliphatic carbocycles. The van der Waals surface area contributed by atoms with Crippen LogP contribution >= 0.6 is 11.3 Å². The van der Waals surface area contributed by atoms with E-state index in [-0.39, 0.29) is 0 Å². The maximum absolute atomic E-state index is 4.71. The van der Waals surface area contributed by atoms with Crippen LogP contribution in [0.2, 0.25) is 0 Å². The molecule has 2 nitrogen and oxygen atoms in total. The SMILES string of the molecule is CCc1nc(CC2CNC2)sc1CC. The number of nitrogens with one attached hydrogen (secondary N) is 1. The number of thiazole rings is 1. The average Bonchev–Trinajstić information content (AvgIpc) is 2.53. The van der Waals surface area contributed by atoms with Crippen molar-refractivity contribution < 1.29 is 0 Å². The van der Waals surface area contributed by atoms with E-state index in [4.69, 9.17) is 4.98 Å². The van der Waals surface area contributed by atoms with Crippen molar-refractivity contribution in [1.82, 2.24) is 10.3 Å². The molecule has 1 N–H and O–H groups in total. The second kappa shape index (κ2) is 4.41. The van der Waals surface area contributed by atoms with Crippen molar-refractivity contribution >= 4 is 11.3 Å². The Morgan fingerprint density at radius 3 is 2.57 bits per heavy atom. The van der Waals surface area contributed by atoms with Gasteiger partial charge in [0, 0.05) is 11.3 Å². The van der Waals surface area contributed by atoms with Crippen LogP contribution < -0.4 is 5.32 Å². The first-order chi connectivity index (χ1) is 6.83. The van der Waals surface area contributed by atoms with Gasteiger partial charge >= 0.3 is 0 Å². The predicted molar refractivity (Wildman–Crippen MR) is 60.9 cm³/mol. The number of aromatic nitrogens is 1. The van der Waals surface area contributed by atoms with Crippen molar-refractivity contribution in [2.45, 2.75) is 33.1 Å². The Kier molecular flexibility index (Phi) is 3.19. The summed E-state index contributed by atoms with van der Waals surface area (Å²) in [4.78, 5) is 6.21.